The van der Waals surface area contributed by atoms with E-state index in [1.807, 2.05) is 4.57 Å². The molecule has 28 heavy (non-hydrogen) atoms. The number of aromatic nitrogens is 3. The molecule has 0 bridgehead atoms. The molecule has 2 atom stereocenters. The molecule has 4 rings (SSSR count). The number of fused-ring (bicyclic) bond motifs is 3. The largest absolute Gasteiger partial charge is 0.351 e. The Balaban J connectivity index is 1.67. The van der Waals surface area contributed by atoms with Crippen molar-refractivity contribution in [2.75, 3.05) is 0 Å². The number of carbonyl (C=O) groups is 1. The molecule has 0 saturated heterocycles. The number of nitrogens with zero attached hydrogens (tertiary/aromatic N) is 3. The monoisotopic (exact) mass is 398 g/mol. The first-order valence-corrected chi connectivity index (χ1v) is 10.7. The van der Waals surface area contributed by atoms with Crippen molar-refractivity contribution in [3.05, 3.63) is 40.1 Å². The van der Waals surface area contributed by atoms with Gasteiger partial charge in [-0.1, -0.05) is 25.8 Å². The van der Waals surface area contributed by atoms with E-state index >= 15 is 0 Å². The Morgan fingerprint density at radius 3 is 2.96 bits per heavy atom. The van der Waals surface area contributed by atoms with E-state index in [2.05, 4.69) is 36.9 Å². The predicted molar refractivity (Wildman–Crippen MR) is 114 cm³/mol. The molecule has 0 spiro atoms. The van der Waals surface area contributed by atoms with Crippen LogP contribution in [0.5, 0.6) is 0 Å². The van der Waals surface area contributed by atoms with E-state index in [0.29, 0.717) is 18.0 Å². The average Bonchev–Trinajstić information content (AvgIpc) is 3.16. The summed E-state index contributed by atoms with van der Waals surface area (Å²) in [5, 5.41) is 8.25. The Morgan fingerprint density at radius 2 is 2.21 bits per heavy atom. The fourth-order valence-corrected chi connectivity index (χ4v) is 5.30. The van der Waals surface area contributed by atoms with Crippen molar-refractivity contribution in [3.63, 3.8) is 0 Å². The summed E-state index contributed by atoms with van der Waals surface area (Å²) in [6.45, 7) is 8.55. The molecule has 0 aliphatic heterocycles. The van der Waals surface area contributed by atoms with Gasteiger partial charge in [-0.05, 0) is 31.7 Å². The highest BCUT2D eigenvalue weighted by Gasteiger charge is 2.24. The zero-order valence-electron chi connectivity index (χ0n) is 16.4. The average molecular weight is 399 g/mol. The molecule has 3 aromatic heterocycles. The SMILES string of the molecule is C=CCn1c2cc(C)sc2c2cnn(CC(=O)N[C@@H]3CCCC[C@H]3C)c(=O)c21. The normalized spacial score (nSPS) is 19.9. The summed E-state index contributed by atoms with van der Waals surface area (Å²) in [4.78, 5) is 26.9. The van der Waals surface area contributed by atoms with Gasteiger partial charge in [0.2, 0.25) is 5.91 Å². The zero-order chi connectivity index (χ0) is 19.8. The number of allylic oxidation sites excluding steroid dienone is 1. The molecular weight excluding hydrogens is 372 g/mol. The van der Waals surface area contributed by atoms with Gasteiger partial charge in [0.25, 0.3) is 5.56 Å². The second-order valence-electron chi connectivity index (χ2n) is 7.78. The maximum absolute atomic E-state index is 13.1. The highest BCUT2D eigenvalue weighted by atomic mass is 32.1. The molecule has 7 heteroatoms. The molecule has 1 amide bonds. The van der Waals surface area contributed by atoms with Crippen molar-refractivity contribution < 1.29 is 4.79 Å². The predicted octanol–water partition coefficient (Wildman–Crippen LogP) is 3.60. The Labute approximate surface area is 167 Å². The molecule has 6 nitrogen and oxygen atoms in total. The number of thiophene rings is 1. The first-order valence-electron chi connectivity index (χ1n) is 9.88. The number of rotatable bonds is 5. The van der Waals surface area contributed by atoms with E-state index in [1.165, 1.54) is 16.0 Å². The molecule has 0 radical (unpaired) electrons. The fourth-order valence-electron chi connectivity index (χ4n) is 4.27. The van der Waals surface area contributed by atoms with Crippen LogP contribution in [0.3, 0.4) is 0 Å². The van der Waals surface area contributed by atoms with Gasteiger partial charge in [0, 0.05) is 22.8 Å². The van der Waals surface area contributed by atoms with Crippen LogP contribution in [-0.4, -0.2) is 26.3 Å². The molecule has 1 aliphatic rings. The van der Waals surface area contributed by atoms with Gasteiger partial charge >= 0.3 is 0 Å². The lowest BCUT2D eigenvalue weighted by atomic mass is 9.86. The number of hydrogen-bond donors (Lipinski definition) is 1. The summed E-state index contributed by atoms with van der Waals surface area (Å²) < 4.78 is 4.32. The van der Waals surface area contributed by atoms with E-state index in [4.69, 9.17) is 0 Å². The number of nitrogens with one attached hydrogen (secondary N) is 1. The molecule has 0 unspecified atom stereocenters. The van der Waals surface area contributed by atoms with Crippen molar-refractivity contribution in [1.82, 2.24) is 19.7 Å². The third-order valence-corrected chi connectivity index (χ3v) is 6.80. The fraction of sp³-hybridized carbons (Fsp3) is 0.476. The van der Waals surface area contributed by atoms with Gasteiger partial charge < -0.3 is 9.88 Å². The lowest BCUT2D eigenvalue weighted by Gasteiger charge is -2.29. The Bertz CT molecular complexity index is 1110. The van der Waals surface area contributed by atoms with E-state index < -0.39 is 0 Å². The summed E-state index contributed by atoms with van der Waals surface area (Å²) in [5.41, 5.74) is 1.39. The molecule has 0 aromatic carbocycles. The zero-order valence-corrected chi connectivity index (χ0v) is 17.2. The summed E-state index contributed by atoms with van der Waals surface area (Å²) in [6.07, 6.45) is 8.01. The number of hydrogen-bond acceptors (Lipinski definition) is 4. The van der Waals surface area contributed by atoms with Crippen LogP contribution in [0, 0.1) is 12.8 Å². The van der Waals surface area contributed by atoms with Crippen LogP contribution >= 0.6 is 11.3 Å². The van der Waals surface area contributed by atoms with Crippen LogP contribution in [0.15, 0.2) is 29.7 Å². The highest BCUT2D eigenvalue weighted by Crippen LogP contribution is 2.33. The lowest BCUT2D eigenvalue weighted by molar-refractivity contribution is -0.123. The minimum Gasteiger partial charge on any atom is -0.351 e. The van der Waals surface area contributed by atoms with Gasteiger partial charge in [-0.25, -0.2) is 4.68 Å². The summed E-state index contributed by atoms with van der Waals surface area (Å²) >= 11 is 1.66. The Kier molecular flexibility index (Phi) is 5.10. The van der Waals surface area contributed by atoms with Crippen molar-refractivity contribution in [3.8, 4) is 0 Å². The third kappa shape index (κ3) is 3.28. The first-order chi connectivity index (χ1) is 13.5. The van der Waals surface area contributed by atoms with Crippen LogP contribution in [-0.2, 0) is 17.9 Å². The molecule has 148 valence electrons. The van der Waals surface area contributed by atoms with Gasteiger partial charge in [0.1, 0.15) is 12.1 Å². The minimum atomic E-state index is -0.229. The molecule has 1 aliphatic carbocycles. The van der Waals surface area contributed by atoms with Crippen molar-refractivity contribution in [2.24, 2.45) is 5.92 Å². The maximum Gasteiger partial charge on any atom is 0.291 e. The van der Waals surface area contributed by atoms with Crippen molar-refractivity contribution >= 4 is 38.4 Å². The molecular formula is C21H26N4O2S. The van der Waals surface area contributed by atoms with E-state index in [1.54, 1.807) is 23.6 Å². The van der Waals surface area contributed by atoms with Crippen LogP contribution < -0.4 is 10.9 Å². The summed E-state index contributed by atoms with van der Waals surface area (Å²) in [6, 6.07) is 2.28. The second-order valence-corrected chi connectivity index (χ2v) is 9.03. The Hall–Kier alpha value is -2.41. The van der Waals surface area contributed by atoms with Crippen LogP contribution in [0.2, 0.25) is 0 Å². The van der Waals surface area contributed by atoms with Crippen LogP contribution in [0.1, 0.15) is 37.5 Å². The molecule has 1 saturated carbocycles. The highest BCUT2D eigenvalue weighted by molar-refractivity contribution is 7.20. The topological polar surface area (TPSA) is 68.9 Å². The number of amides is 1. The second kappa shape index (κ2) is 7.54. The van der Waals surface area contributed by atoms with E-state index in [0.717, 1.165) is 34.9 Å². The maximum atomic E-state index is 13.1. The van der Waals surface area contributed by atoms with Crippen molar-refractivity contribution in [2.45, 2.75) is 58.7 Å². The van der Waals surface area contributed by atoms with Gasteiger partial charge in [-0.15, -0.1) is 17.9 Å². The van der Waals surface area contributed by atoms with Crippen LogP contribution in [0.25, 0.3) is 21.1 Å². The number of carbonyl (C=O) groups excluding carboxylic acids is 1. The molecule has 3 heterocycles. The van der Waals surface area contributed by atoms with E-state index in [9.17, 15) is 9.59 Å². The van der Waals surface area contributed by atoms with Gasteiger partial charge in [0.05, 0.1) is 16.4 Å². The van der Waals surface area contributed by atoms with Crippen LogP contribution in [0.4, 0.5) is 0 Å². The first kappa shape index (κ1) is 18.9. The summed E-state index contributed by atoms with van der Waals surface area (Å²) in [7, 11) is 0. The molecule has 1 N–H and O–H groups in total. The summed E-state index contributed by atoms with van der Waals surface area (Å²) in [5.74, 6) is 0.330. The van der Waals surface area contributed by atoms with E-state index in [-0.39, 0.29) is 24.1 Å². The quantitative estimate of drug-likeness (QED) is 0.668. The smallest absolute Gasteiger partial charge is 0.291 e. The molecule has 3 aromatic rings. The lowest BCUT2D eigenvalue weighted by Crippen LogP contribution is -2.43. The van der Waals surface area contributed by atoms with Gasteiger partial charge in [-0.2, -0.15) is 5.10 Å². The van der Waals surface area contributed by atoms with Gasteiger partial charge in [0.15, 0.2) is 0 Å². The van der Waals surface area contributed by atoms with Gasteiger partial charge in [-0.3, -0.25) is 9.59 Å². The number of aryl methyl sites for hydroxylation is 1. The Morgan fingerprint density at radius 1 is 1.43 bits per heavy atom. The molecule has 1 fully saturated rings. The third-order valence-electron chi connectivity index (χ3n) is 5.72. The standard InChI is InChI=1S/C21H26N4O2S/c1-4-9-24-17-10-14(3)28-20(17)15-11-22-25(21(27)19(15)24)12-18(26)23-16-8-6-5-7-13(16)2/h4,10-11,13,16H,1,5-9,12H2,2-3H3,(H,23,26)/t13-,16-/m1/s1. The van der Waals surface area contributed by atoms with Crippen molar-refractivity contribution in [1.29, 1.82) is 0 Å². The minimum absolute atomic E-state index is 0.0516.